The van der Waals surface area contributed by atoms with E-state index in [2.05, 4.69) is 18.5 Å². The number of piperidine rings is 2. The van der Waals surface area contributed by atoms with E-state index in [0.717, 1.165) is 0 Å². The number of rotatable bonds is 6. The Morgan fingerprint density at radius 2 is 1.76 bits per heavy atom. The number of benzene rings is 1. The molecular formula is C27H42N4O6. The normalized spacial score (nSPS) is 17.9. The molecule has 10 nitrogen and oxygen atoms in total. The third-order valence-corrected chi connectivity index (χ3v) is 5.93. The van der Waals surface area contributed by atoms with Gasteiger partial charge in [-0.05, 0) is 39.3 Å². The summed E-state index contributed by atoms with van der Waals surface area (Å²) >= 11 is 0. The van der Waals surface area contributed by atoms with E-state index in [4.69, 9.17) is 9.47 Å². The monoisotopic (exact) mass is 518 g/mol. The number of carbonyl (C=O) groups excluding carboxylic acids is 4. The van der Waals surface area contributed by atoms with Gasteiger partial charge in [0.25, 0.3) is 0 Å². The number of anilines is 2. The summed E-state index contributed by atoms with van der Waals surface area (Å²) in [6.45, 7) is 12.5. The number of amides is 4. The molecule has 2 saturated heterocycles. The molecular weight excluding hydrogens is 476 g/mol. The van der Waals surface area contributed by atoms with E-state index in [-0.39, 0.29) is 37.9 Å². The highest BCUT2D eigenvalue weighted by atomic mass is 16.6. The molecule has 2 aliphatic rings. The standard InChI is InChI=1S/C24H34N4O6.C2H4.CH4/c1-24(2,3)34-23(32)28-13-11-16(12-14-28)33-19-8-6-7-17(21(19)26(4)15-29)27(5)18-9-10-20(30)25-22(18)31;1-2;/h6-8,15-16,18H,9-14H2,1-5H3,(H,25,30,31);1-2H2;1H4. The van der Waals surface area contributed by atoms with Crippen molar-refractivity contribution < 1.29 is 28.7 Å². The van der Waals surface area contributed by atoms with Gasteiger partial charge in [0.15, 0.2) is 0 Å². The SMILES string of the molecule is C.C=C.CN(C=O)c1c(OC2CCN(C(=O)OC(C)(C)C)CC2)cccc1N(C)C1CCC(=O)NC1=O. The summed E-state index contributed by atoms with van der Waals surface area (Å²) < 4.78 is 11.8. The zero-order valence-electron chi connectivity index (χ0n) is 21.9. The van der Waals surface area contributed by atoms with Crippen LogP contribution >= 0.6 is 0 Å². The van der Waals surface area contributed by atoms with Gasteiger partial charge in [-0.2, -0.15) is 0 Å². The molecule has 1 aromatic carbocycles. The predicted molar refractivity (Wildman–Crippen MR) is 145 cm³/mol. The number of para-hydroxylation sites is 1. The van der Waals surface area contributed by atoms with Crippen molar-refractivity contribution in [1.29, 1.82) is 0 Å². The summed E-state index contributed by atoms with van der Waals surface area (Å²) in [7, 11) is 3.39. The van der Waals surface area contributed by atoms with Gasteiger partial charge in [0.1, 0.15) is 29.2 Å². The highest BCUT2D eigenvalue weighted by molar-refractivity contribution is 6.02. The fourth-order valence-electron chi connectivity index (χ4n) is 4.18. The highest BCUT2D eigenvalue weighted by Crippen LogP contribution is 2.39. The van der Waals surface area contributed by atoms with Crippen LogP contribution in [0.15, 0.2) is 31.4 Å². The van der Waals surface area contributed by atoms with Crippen LogP contribution in [0.2, 0.25) is 0 Å². The Labute approximate surface area is 220 Å². The Morgan fingerprint density at radius 3 is 2.30 bits per heavy atom. The first kappa shape index (κ1) is 31.5. The van der Waals surface area contributed by atoms with Crippen molar-refractivity contribution in [1.82, 2.24) is 10.2 Å². The number of nitrogens with one attached hydrogen (secondary N) is 1. The van der Waals surface area contributed by atoms with Crippen LogP contribution in [0, 0.1) is 0 Å². The number of likely N-dealkylation sites (tertiary alicyclic amines) is 1. The Morgan fingerprint density at radius 1 is 1.14 bits per heavy atom. The molecule has 1 N–H and O–H groups in total. The van der Waals surface area contributed by atoms with Crippen LogP contribution in [-0.2, 0) is 19.1 Å². The van der Waals surface area contributed by atoms with Crippen LogP contribution in [0.1, 0.15) is 53.9 Å². The number of hydrogen-bond donors (Lipinski definition) is 1. The molecule has 0 radical (unpaired) electrons. The minimum absolute atomic E-state index is 0. The zero-order chi connectivity index (χ0) is 27.0. The third kappa shape index (κ3) is 8.23. The maximum Gasteiger partial charge on any atom is 0.410 e. The Hall–Kier alpha value is -3.56. The smallest absolute Gasteiger partial charge is 0.410 e. The molecule has 4 amide bonds. The summed E-state index contributed by atoms with van der Waals surface area (Å²) in [4.78, 5) is 52.9. The van der Waals surface area contributed by atoms with Crippen molar-refractivity contribution in [2.75, 3.05) is 37.0 Å². The molecule has 0 saturated carbocycles. The lowest BCUT2D eigenvalue weighted by Crippen LogP contribution is -2.51. The molecule has 37 heavy (non-hydrogen) atoms. The van der Waals surface area contributed by atoms with Gasteiger partial charge < -0.3 is 24.2 Å². The fourth-order valence-corrected chi connectivity index (χ4v) is 4.18. The van der Waals surface area contributed by atoms with E-state index in [9.17, 15) is 19.2 Å². The Kier molecular flexibility index (Phi) is 11.6. The van der Waals surface area contributed by atoms with Crippen molar-refractivity contribution in [2.24, 2.45) is 0 Å². The minimum atomic E-state index is -0.548. The second-order valence-corrected chi connectivity index (χ2v) is 9.70. The highest BCUT2D eigenvalue weighted by Gasteiger charge is 2.33. The van der Waals surface area contributed by atoms with Gasteiger partial charge in [0, 0.05) is 46.4 Å². The molecule has 3 rings (SSSR count). The van der Waals surface area contributed by atoms with Gasteiger partial charge in [-0.25, -0.2) is 4.79 Å². The molecule has 1 atom stereocenters. The molecule has 10 heteroatoms. The molecule has 2 fully saturated rings. The molecule has 0 spiro atoms. The zero-order valence-corrected chi connectivity index (χ0v) is 21.9. The van der Waals surface area contributed by atoms with Crippen molar-refractivity contribution >= 4 is 35.7 Å². The van der Waals surface area contributed by atoms with E-state index in [0.29, 0.717) is 55.9 Å². The predicted octanol–water partition coefficient (Wildman–Crippen LogP) is 3.74. The average molecular weight is 519 g/mol. The molecule has 1 unspecified atom stereocenters. The molecule has 2 aliphatic heterocycles. The van der Waals surface area contributed by atoms with E-state index < -0.39 is 11.6 Å². The average Bonchev–Trinajstić information content (AvgIpc) is 2.83. The Balaban J connectivity index is 0.00000223. The van der Waals surface area contributed by atoms with Gasteiger partial charge in [-0.1, -0.05) is 13.5 Å². The lowest BCUT2D eigenvalue weighted by atomic mass is 10.0. The quantitative estimate of drug-likeness (QED) is 0.347. The molecule has 206 valence electrons. The molecule has 2 heterocycles. The van der Waals surface area contributed by atoms with Crippen molar-refractivity contribution in [3.63, 3.8) is 0 Å². The fraction of sp³-hybridized carbons (Fsp3) is 0.556. The van der Waals surface area contributed by atoms with Gasteiger partial charge in [-0.3, -0.25) is 19.7 Å². The van der Waals surface area contributed by atoms with E-state index in [1.165, 1.54) is 4.90 Å². The van der Waals surface area contributed by atoms with Crippen LogP contribution in [0.25, 0.3) is 0 Å². The van der Waals surface area contributed by atoms with E-state index in [1.807, 2.05) is 32.9 Å². The second kappa shape index (κ2) is 13.7. The molecule has 0 aliphatic carbocycles. The van der Waals surface area contributed by atoms with Crippen LogP contribution in [0.5, 0.6) is 5.75 Å². The Bertz CT molecular complexity index is 953. The van der Waals surface area contributed by atoms with Gasteiger partial charge in [0.2, 0.25) is 18.2 Å². The van der Waals surface area contributed by atoms with E-state index >= 15 is 0 Å². The topological polar surface area (TPSA) is 108 Å². The van der Waals surface area contributed by atoms with Gasteiger partial charge >= 0.3 is 6.09 Å². The van der Waals surface area contributed by atoms with Crippen molar-refractivity contribution in [3.05, 3.63) is 31.4 Å². The summed E-state index contributed by atoms with van der Waals surface area (Å²) in [6.07, 6.45) is 2.10. The number of ether oxygens (including phenoxy) is 2. The maximum atomic E-state index is 12.4. The number of carbonyl (C=O) groups is 4. The summed E-state index contributed by atoms with van der Waals surface area (Å²) in [6, 6.07) is 4.88. The number of hydrogen-bond acceptors (Lipinski definition) is 7. The number of likely N-dealkylation sites (N-methyl/N-ethyl adjacent to an activating group) is 1. The van der Waals surface area contributed by atoms with Gasteiger partial charge in [0.05, 0.1) is 5.69 Å². The first-order valence-corrected chi connectivity index (χ1v) is 12.0. The molecule has 0 aromatic heterocycles. The summed E-state index contributed by atoms with van der Waals surface area (Å²) in [5.41, 5.74) is 0.639. The van der Waals surface area contributed by atoms with Crippen molar-refractivity contribution in [2.45, 2.75) is 71.6 Å². The second-order valence-electron chi connectivity index (χ2n) is 9.70. The summed E-state index contributed by atoms with van der Waals surface area (Å²) in [5, 5.41) is 2.37. The number of nitrogens with zero attached hydrogens (tertiary/aromatic N) is 3. The van der Waals surface area contributed by atoms with Crippen LogP contribution in [0.4, 0.5) is 16.2 Å². The minimum Gasteiger partial charge on any atom is -0.488 e. The molecule has 0 bridgehead atoms. The molecule has 1 aromatic rings. The lowest BCUT2D eigenvalue weighted by Gasteiger charge is -2.36. The largest absolute Gasteiger partial charge is 0.488 e. The first-order chi connectivity index (χ1) is 17.0. The maximum absolute atomic E-state index is 12.4. The summed E-state index contributed by atoms with van der Waals surface area (Å²) in [5.74, 6) is -0.129. The van der Waals surface area contributed by atoms with Crippen LogP contribution in [-0.4, -0.2) is 74.1 Å². The van der Waals surface area contributed by atoms with Crippen molar-refractivity contribution in [3.8, 4) is 5.75 Å². The van der Waals surface area contributed by atoms with Crippen LogP contribution < -0.4 is 19.9 Å². The number of imide groups is 1. The van der Waals surface area contributed by atoms with Gasteiger partial charge in [-0.15, -0.1) is 13.2 Å². The van der Waals surface area contributed by atoms with Crippen LogP contribution in [0.3, 0.4) is 0 Å². The van der Waals surface area contributed by atoms with E-state index in [1.54, 1.807) is 30.0 Å². The third-order valence-electron chi connectivity index (χ3n) is 5.93. The lowest BCUT2D eigenvalue weighted by molar-refractivity contribution is -0.134. The first-order valence-electron chi connectivity index (χ1n) is 12.0.